The molecule has 2 heterocycles. The van der Waals surface area contributed by atoms with Crippen molar-refractivity contribution in [2.24, 2.45) is 10.8 Å². The minimum Gasteiger partial charge on any atom is -0.366 e. The summed E-state index contributed by atoms with van der Waals surface area (Å²) in [5.41, 5.74) is 6.28. The largest absolute Gasteiger partial charge is 0.366 e. The van der Waals surface area contributed by atoms with Crippen LogP contribution in [0, 0.1) is 34.5 Å². The number of nitrogens with one attached hydrogen (secondary N) is 2. The van der Waals surface area contributed by atoms with Gasteiger partial charge in [0, 0.05) is 34.4 Å². The number of hydrogen-bond acceptors (Lipinski definition) is 3. The fraction of sp³-hybridized carbons (Fsp3) is 0.389. The quantitative estimate of drug-likeness (QED) is 0.198. The number of H-pyrrole nitrogens is 2. The second-order valence-corrected chi connectivity index (χ2v) is 12.6. The highest BCUT2D eigenvalue weighted by Crippen LogP contribution is 2.33. The van der Waals surface area contributed by atoms with Crippen molar-refractivity contribution in [2.75, 3.05) is 0 Å². The van der Waals surface area contributed by atoms with E-state index in [9.17, 15) is 0 Å². The predicted octanol–water partition coefficient (Wildman–Crippen LogP) is 7.99. The van der Waals surface area contributed by atoms with Gasteiger partial charge in [0.05, 0.1) is 36.3 Å². The monoisotopic (exact) mass is 546 g/mol. The van der Waals surface area contributed by atoms with E-state index in [1.807, 2.05) is 12.4 Å². The fourth-order valence-corrected chi connectivity index (χ4v) is 4.32. The highest BCUT2D eigenvalue weighted by Gasteiger charge is 2.21. The Morgan fingerprint density at radius 2 is 1.02 bits per heavy atom. The number of ether oxygens (including phenoxy) is 1. The summed E-state index contributed by atoms with van der Waals surface area (Å²) in [5, 5.41) is 0. The molecule has 0 fully saturated rings. The van der Waals surface area contributed by atoms with E-state index in [-0.39, 0.29) is 23.0 Å². The number of aryl methyl sites for hydroxylation is 2. The summed E-state index contributed by atoms with van der Waals surface area (Å²) in [5.74, 6) is 13.3. The molecular weight excluding hydrogens is 504 g/mol. The van der Waals surface area contributed by atoms with Crippen molar-refractivity contribution >= 4 is 0 Å². The number of rotatable bonds is 10. The minimum atomic E-state index is -0.110. The molecular formula is C36H42N4O. The Bertz CT molecular complexity index is 1350. The molecule has 0 spiro atoms. The Balaban J connectivity index is 1.60. The molecule has 0 radical (unpaired) electrons. The van der Waals surface area contributed by atoms with Crippen molar-refractivity contribution < 1.29 is 4.74 Å². The van der Waals surface area contributed by atoms with Gasteiger partial charge in [0.25, 0.3) is 0 Å². The Kier molecular flexibility index (Phi) is 9.87. The summed E-state index contributed by atoms with van der Waals surface area (Å²) in [4.78, 5) is 15.0. The first-order valence-electron chi connectivity index (χ1n) is 14.4. The highest BCUT2D eigenvalue weighted by atomic mass is 16.5. The number of nitrogens with zero attached hydrogens (tertiary/aromatic N) is 2. The highest BCUT2D eigenvalue weighted by molar-refractivity contribution is 5.39. The van der Waals surface area contributed by atoms with E-state index in [1.54, 1.807) is 12.7 Å². The van der Waals surface area contributed by atoms with Crippen LogP contribution in [0.1, 0.15) is 100 Å². The Labute approximate surface area is 245 Å². The van der Waals surface area contributed by atoms with E-state index in [0.717, 1.165) is 59.3 Å². The van der Waals surface area contributed by atoms with E-state index in [4.69, 9.17) is 4.74 Å². The van der Waals surface area contributed by atoms with Crippen molar-refractivity contribution in [3.05, 3.63) is 107 Å². The standard InChI is InChI=1S/C36H42N4O/c1-35(2,3)21-19-27-7-11-29(12-8-27)33(17-15-31-23-37-25-39-31)41-34(18-16-32-24-38-26-40-32)30-13-9-28(10-14-30)20-22-36(4,5)6/h7-14,23-26,33-34H,15-18H2,1-6H3,(H,37,39)(H,38,40). The average Bonchev–Trinajstić information content (AvgIpc) is 3.65. The lowest BCUT2D eigenvalue weighted by atomic mass is 9.96. The molecule has 0 saturated heterocycles. The number of aromatic amines is 2. The summed E-state index contributed by atoms with van der Waals surface area (Å²) in [6.07, 6.45) is 10.4. The van der Waals surface area contributed by atoms with E-state index in [0.29, 0.717) is 0 Å². The van der Waals surface area contributed by atoms with Gasteiger partial charge in [0.1, 0.15) is 0 Å². The molecule has 2 atom stereocenters. The van der Waals surface area contributed by atoms with Crippen LogP contribution in [0.15, 0.2) is 73.6 Å². The second kappa shape index (κ2) is 13.5. The molecule has 212 valence electrons. The summed E-state index contributed by atoms with van der Waals surface area (Å²) >= 11 is 0. The van der Waals surface area contributed by atoms with E-state index in [1.165, 1.54) is 0 Å². The molecule has 0 aliphatic carbocycles. The van der Waals surface area contributed by atoms with Crippen LogP contribution in [-0.4, -0.2) is 19.9 Å². The molecule has 0 aliphatic rings. The zero-order chi connectivity index (χ0) is 29.3. The zero-order valence-electron chi connectivity index (χ0n) is 25.2. The minimum absolute atomic E-state index is 0.0384. The SMILES string of the molecule is CC(C)(C)C#Cc1ccc(C(CCc2c[nH]cn2)OC(CCc2c[nH]cn2)c2ccc(C#CC(C)(C)C)cc2)cc1. The van der Waals surface area contributed by atoms with E-state index < -0.39 is 0 Å². The molecule has 2 N–H and O–H groups in total. The third-order valence-electron chi connectivity index (χ3n) is 6.49. The van der Waals surface area contributed by atoms with Crippen LogP contribution in [0.2, 0.25) is 0 Å². The third-order valence-corrected chi connectivity index (χ3v) is 6.49. The van der Waals surface area contributed by atoms with Gasteiger partial charge < -0.3 is 14.7 Å². The van der Waals surface area contributed by atoms with Gasteiger partial charge in [-0.25, -0.2) is 9.97 Å². The van der Waals surface area contributed by atoms with Gasteiger partial charge in [-0.1, -0.05) is 47.9 Å². The van der Waals surface area contributed by atoms with Crippen molar-refractivity contribution in [3.8, 4) is 23.7 Å². The topological polar surface area (TPSA) is 66.6 Å². The maximum Gasteiger partial charge on any atom is 0.0923 e. The van der Waals surface area contributed by atoms with Gasteiger partial charge in [-0.3, -0.25) is 0 Å². The van der Waals surface area contributed by atoms with Gasteiger partial charge >= 0.3 is 0 Å². The lowest BCUT2D eigenvalue weighted by Gasteiger charge is -2.26. The van der Waals surface area contributed by atoms with Gasteiger partial charge in [-0.05, 0) is 103 Å². The van der Waals surface area contributed by atoms with Crippen LogP contribution in [0.3, 0.4) is 0 Å². The molecule has 2 unspecified atom stereocenters. The van der Waals surface area contributed by atoms with Crippen molar-refractivity contribution in [2.45, 2.75) is 79.4 Å². The molecule has 2 aromatic heterocycles. The maximum atomic E-state index is 6.98. The van der Waals surface area contributed by atoms with Crippen molar-refractivity contribution in [3.63, 3.8) is 0 Å². The van der Waals surface area contributed by atoms with Crippen LogP contribution in [0.25, 0.3) is 0 Å². The second-order valence-electron chi connectivity index (χ2n) is 12.6. The average molecular weight is 547 g/mol. The van der Waals surface area contributed by atoms with Gasteiger partial charge in [-0.15, -0.1) is 0 Å². The van der Waals surface area contributed by atoms with Gasteiger partial charge in [0.15, 0.2) is 0 Å². The molecule has 0 aliphatic heterocycles. The van der Waals surface area contributed by atoms with Crippen molar-refractivity contribution in [1.82, 2.24) is 19.9 Å². The number of benzene rings is 2. The Morgan fingerprint density at radius 3 is 1.34 bits per heavy atom. The smallest absolute Gasteiger partial charge is 0.0923 e. The molecule has 4 aromatic rings. The molecule has 41 heavy (non-hydrogen) atoms. The normalized spacial score (nSPS) is 13.0. The first-order valence-corrected chi connectivity index (χ1v) is 14.4. The molecule has 2 aromatic carbocycles. The maximum absolute atomic E-state index is 6.98. The Hall–Kier alpha value is -4.06. The van der Waals surface area contributed by atoms with E-state index in [2.05, 4.69) is 134 Å². The van der Waals surface area contributed by atoms with Crippen molar-refractivity contribution in [1.29, 1.82) is 0 Å². The molecule has 0 amide bonds. The molecule has 0 bridgehead atoms. The van der Waals surface area contributed by atoms with E-state index >= 15 is 0 Å². The molecule has 4 rings (SSSR count). The summed E-state index contributed by atoms with van der Waals surface area (Å²) in [7, 11) is 0. The third kappa shape index (κ3) is 10.1. The number of aromatic nitrogens is 4. The fourth-order valence-electron chi connectivity index (χ4n) is 4.32. The Morgan fingerprint density at radius 1 is 0.634 bits per heavy atom. The summed E-state index contributed by atoms with van der Waals surface area (Å²) < 4.78 is 6.98. The lowest BCUT2D eigenvalue weighted by molar-refractivity contribution is -0.0239. The number of hydrogen-bond donors (Lipinski definition) is 2. The van der Waals surface area contributed by atoms with Crippen LogP contribution in [-0.2, 0) is 17.6 Å². The van der Waals surface area contributed by atoms with Gasteiger partial charge in [-0.2, -0.15) is 0 Å². The van der Waals surface area contributed by atoms with Crippen LogP contribution < -0.4 is 0 Å². The van der Waals surface area contributed by atoms with Crippen LogP contribution >= 0.6 is 0 Å². The number of imidazole rings is 2. The summed E-state index contributed by atoms with van der Waals surface area (Å²) in [6, 6.07) is 17.0. The molecule has 5 nitrogen and oxygen atoms in total. The summed E-state index contributed by atoms with van der Waals surface area (Å²) in [6.45, 7) is 12.8. The molecule has 5 heteroatoms. The van der Waals surface area contributed by atoms with Gasteiger partial charge in [0.2, 0.25) is 0 Å². The first-order chi connectivity index (χ1) is 19.5. The molecule has 0 saturated carbocycles. The lowest BCUT2D eigenvalue weighted by Crippen LogP contribution is -2.13. The first kappa shape index (κ1) is 29.9. The van der Waals surface area contributed by atoms with Crippen LogP contribution in [0.5, 0.6) is 0 Å². The predicted molar refractivity (Wildman–Crippen MR) is 166 cm³/mol. The zero-order valence-corrected chi connectivity index (χ0v) is 25.2. The van der Waals surface area contributed by atoms with Crippen LogP contribution in [0.4, 0.5) is 0 Å².